The van der Waals surface area contributed by atoms with Gasteiger partial charge in [0.1, 0.15) is 23.0 Å². The summed E-state index contributed by atoms with van der Waals surface area (Å²) in [7, 11) is -7.01. The molecule has 0 fully saturated rings. The highest BCUT2D eigenvalue weighted by molar-refractivity contribution is 9.09. The Morgan fingerprint density at radius 1 is 0.392 bits per heavy atom. The van der Waals surface area contributed by atoms with Gasteiger partial charge in [-0.1, -0.05) is 129 Å². The zero-order chi connectivity index (χ0) is 71.7. The molecular weight excluding hydrogens is 1340 g/mol. The van der Waals surface area contributed by atoms with E-state index in [1.807, 2.05) is 73.7 Å². The van der Waals surface area contributed by atoms with E-state index in [1.54, 1.807) is 66.9 Å². The minimum atomic E-state index is -1.46. The molecule has 4 aromatic heterocycles. The van der Waals surface area contributed by atoms with Crippen molar-refractivity contribution in [3.63, 3.8) is 0 Å². The fourth-order valence-corrected chi connectivity index (χ4v) is 26.4. The minimum Gasteiger partial charge on any atom is -0.506 e. The summed E-state index contributed by atoms with van der Waals surface area (Å²) in [6.45, 7) is 25.9. The number of aromatic hydroxyl groups is 3. The Hall–Kier alpha value is -8.11. The predicted octanol–water partition coefficient (Wildman–Crippen LogP) is 18.2. The van der Waals surface area contributed by atoms with Gasteiger partial charge in [-0.15, -0.1) is 0 Å². The summed E-state index contributed by atoms with van der Waals surface area (Å²) in [5, 5.41) is 79.9. The van der Waals surface area contributed by atoms with Crippen LogP contribution in [0.15, 0.2) is 170 Å². The Morgan fingerprint density at radius 3 is 1.00 bits per heavy atom. The van der Waals surface area contributed by atoms with E-state index in [-0.39, 0.29) is 17.2 Å². The quantitative estimate of drug-likeness (QED) is 0.0191. The van der Waals surface area contributed by atoms with E-state index in [0.29, 0.717) is 27.7 Å². The fourth-order valence-electron chi connectivity index (χ4n) is 9.75. The summed E-state index contributed by atoms with van der Waals surface area (Å²) in [4.78, 5) is 16.5. The highest BCUT2D eigenvalue weighted by atomic mass is 79.9. The zero-order valence-corrected chi connectivity index (χ0v) is 64.1. The van der Waals surface area contributed by atoms with Crippen molar-refractivity contribution in [1.29, 1.82) is 21.0 Å². The lowest BCUT2D eigenvalue weighted by Gasteiger charge is -2.31. The topological polar surface area (TPSA) is 276 Å². The van der Waals surface area contributed by atoms with Crippen LogP contribution in [0.3, 0.4) is 0 Å². The van der Waals surface area contributed by atoms with E-state index in [1.165, 1.54) is 126 Å². The number of aryl methyl sites for hydroxylation is 1. The summed E-state index contributed by atoms with van der Waals surface area (Å²) in [6.07, 6.45) is 21.8. The predicted molar refractivity (Wildman–Crippen MR) is 406 cm³/mol. The first-order valence-electron chi connectivity index (χ1n) is 32.9. The molecule has 0 atom stereocenters. The number of aromatic nitrogens is 4. The molecule has 0 unspecified atom stereocenters. The van der Waals surface area contributed by atoms with E-state index in [2.05, 4.69) is 120 Å². The number of pyridine rings is 4. The lowest BCUT2D eigenvalue weighted by Crippen LogP contribution is -2.42. The maximum atomic E-state index is 9.08. The van der Waals surface area contributed by atoms with Crippen molar-refractivity contribution >= 4 is 61.8 Å². The molecule has 4 heterocycles. The van der Waals surface area contributed by atoms with Crippen molar-refractivity contribution in [3.8, 4) is 81.0 Å². The van der Waals surface area contributed by atoms with E-state index >= 15 is 0 Å². The third kappa shape index (κ3) is 37.8. The van der Waals surface area contributed by atoms with Crippen LogP contribution >= 0.6 is 15.9 Å². The normalized spacial score (nSPS) is 10.8. The number of alkyl halides is 1. The van der Waals surface area contributed by atoms with Crippen molar-refractivity contribution in [2.24, 2.45) is 0 Å². The number of hydrogen-bond donors (Lipinski definition) is 5. The number of hydrogen-bond acceptors (Lipinski definition) is 16. The molecule has 97 heavy (non-hydrogen) atoms. The van der Waals surface area contributed by atoms with Gasteiger partial charge in [0.15, 0.2) is 33.3 Å². The highest BCUT2D eigenvalue weighted by Crippen LogP contribution is 2.26. The Kier molecular flexibility index (Phi) is 38.3. The van der Waals surface area contributed by atoms with Crippen LogP contribution in [0.25, 0.3) is 33.8 Å². The van der Waals surface area contributed by atoms with E-state index in [9.17, 15) is 0 Å². The van der Waals surface area contributed by atoms with Gasteiger partial charge < -0.3 is 38.3 Å². The number of nitrogens with zero attached hydrogens (tertiary/aromatic N) is 8. The largest absolute Gasteiger partial charge is 0.506 e. The Morgan fingerprint density at radius 2 is 0.711 bits per heavy atom. The van der Waals surface area contributed by atoms with Gasteiger partial charge in [-0.2, -0.15) is 21.0 Å². The van der Waals surface area contributed by atoms with Crippen LogP contribution in [0, 0.1) is 52.2 Å². The summed E-state index contributed by atoms with van der Waals surface area (Å²) >= 11 is 3.48. The monoisotopic (exact) mass is 1440 g/mol. The van der Waals surface area contributed by atoms with Gasteiger partial charge in [0.05, 0.1) is 95.0 Å². The van der Waals surface area contributed by atoms with Crippen molar-refractivity contribution < 1.29 is 38.3 Å². The zero-order valence-electron chi connectivity index (χ0n) is 58.5. The lowest BCUT2D eigenvalue weighted by atomic mass is 9.80. The number of benzene rings is 4. The van der Waals surface area contributed by atoms with Gasteiger partial charge in [-0.25, -0.2) is 0 Å². The maximum Gasteiger partial charge on any atom is 0.488 e. The fraction of sp³-hybridized carbons (Fsp3) is 0.360. The molecule has 8 aromatic rings. The standard InChI is InChI=1S/C25H38N2O2Si2.C13H31BrOSi2.2C12H8N2O.C7H6BNO2.C6H7NO/c1-30(2,3)29-31(4,5)19-11-9-7-6-8-10-18-28-24-16-17-25(27-21-24)23-14-12-22(20-26)13-15-23;1-16(2,3)15-17(4,5)13-11-9-7-6-8-10-12-14;2*13-7-9-1-3-10(4-2-9)12-6-5-11(15)8-14-12;9-5-6-1-3-7(4-2-6)8(10)11;1-5-2-3-6(8)4-7-5/h12-17,21H,6-11,18-19H2,1-5H3;6-13H2,1-5H3;2*1-6,8,15H;1-4,10-11H;2-4,8H,1H3. The van der Waals surface area contributed by atoms with E-state index < -0.39 is 40.4 Å². The van der Waals surface area contributed by atoms with E-state index in [4.69, 9.17) is 59.4 Å². The SMILES string of the molecule is C[Si](C)(C)O[Si](C)(C)CCCCCCCCBr.C[Si](C)(C)O[Si](C)(C)CCCCCCCCOc1ccc(-c2ccc(C#N)cc2)nc1.Cc1ccc(O)cn1.N#Cc1ccc(-c2ccc(O)cn2)cc1.N#Cc1ccc(-c2ccc(O)cn2)cc1.N#Cc1ccc(B(O)O)cc1. The second-order valence-corrected chi connectivity index (χ2v) is 45.2. The molecule has 16 nitrogen and oxygen atoms in total. The van der Waals surface area contributed by atoms with Crippen LogP contribution in [-0.4, -0.2) is 97.6 Å². The van der Waals surface area contributed by atoms with Crippen LogP contribution in [0.4, 0.5) is 0 Å². The number of rotatable bonds is 26. The molecule has 0 amide bonds. The van der Waals surface area contributed by atoms with Gasteiger partial charge in [-0.05, 0) is 200 Å². The molecule has 0 aliphatic heterocycles. The molecule has 0 spiro atoms. The first-order chi connectivity index (χ1) is 46.1. The molecule has 0 radical (unpaired) electrons. The molecule has 4 aromatic carbocycles. The van der Waals surface area contributed by atoms with Crippen LogP contribution in [0.5, 0.6) is 23.0 Å². The summed E-state index contributed by atoms with van der Waals surface area (Å²) in [5.74, 6) is 1.32. The van der Waals surface area contributed by atoms with Gasteiger partial charge >= 0.3 is 7.12 Å². The minimum absolute atomic E-state index is 0.146. The van der Waals surface area contributed by atoms with Gasteiger partial charge in [-0.3, -0.25) is 19.9 Å². The molecule has 0 saturated heterocycles. The molecule has 22 heteroatoms. The Labute approximate surface area is 590 Å². The molecule has 0 bridgehead atoms. The molecule has 8 rings (SSSR count). The number of unbranched alkanes of at least 4 members (excludes halogenated alkanes) is 10. The van der Waals surface area contributed by atoms with Crippen molar-refractivity contribution in [2.75, 3.05) is 11.9 Å². The molecule has 0 saturated carbocycles. The van der Waals surface area contributed by atoms with Crippen LogP contribution < -0.4 is 10.2 Å². The Balaban J connectivity index is 0.000000320. The maximum absolute atomic E-state index is 9.08. The van der Waals surface area contributed by atoms with Crippen LogP contribution in [-0.2, 0) is 8.23 Å². The molecule has 5 N–H and O–H groups in total. The molecular formula is C75H98BBrN8O8Si4. The van der Waals surface area contributed by atoms with Gasteiger partial charge in [0.25, 0.3) is 0 Å². The molecule has 0 aliphatic carbocycles. The van der Waals surface area contributed by atoms with Crippen molar-refractivity contribution in [3.05, 3.63) is 198 Å². The third-order valence-electron chi connectivity index (χ3n) is 14.2. The molecule has 0 aliphatic rings. The number of nitriles is 4. The highest BCUT2D eigenvalue weighted by Gasteiger charge is 2.30. The smallest absolute Gasteiger partial charge is 0.488 e. The van der Waals surface area contributed by atoms with Crippen molar-refractivity contribution in [2.45, 2.75) is 162 Å². The molecule has 512 valence electrons. The van der Waals surface area contributed by atoms with E-state index in [0.717, 1.165) is 63.6 Å². The summed E-state index contributed by atoms with van der Waals surface area (Å²) in [5.41, 5.74) is 9.02. The lowest BCUT2D eigenvalue weighted by molar-refractivity contribution is 0.303. The summed E-state index contributed by atoms with van der Waals surface area (Å²) in [6, 6.07) is 52.6. The van der Waals surface area contributed by atoms with Crippen molar-refractivity contribution in [1.82, 2.24) is 19.9 Å². The first kappa shape index (κ1) is 83.1. The van der Waals surface area contributed by atoms with Gasteiger partial charge in [0, 0.05) is 27.7 Å². The number of halogens is 1. The second-order valence-electron chi connectivity index (χ2n) is 26.2. The first-order valence-corrected chi connectivity index (χ1v) is 47.1. The number of ether oxygens (including phenoxy) is 1. The van der Waals surface area contributed by atoms with Crippen LogP contribution in [0.1, 0.15) is 105 Å². The van der Waals surface area contributed by atoms with Crippen LogP contribution in [0.2, 0.25) is 77.6 Å². The second kappa shape index (κ2) is 44.7. The average Bonchev–Trinajstić information content (AvgIpc) is 0.929. The average molecular weight is 1440 g/mol. The summed E-state index contributed by atoms with van der Waals surface area (Å²) < 4.78 is 18.6. The van der Waals surface area contributed by atoms with Gasteiger partial charge in [0.2, 0.25) is 0 Å². The third-order valence-corrected chi connectivity index (χ3v) is 27.2. The Bertz CT molecular complexity index is 3530.